The highest BCUT2D eigenvalue weighted by Gasteiger charge is 2.33. The van der Waals surface area contributed by atoms with Crippen LogP contribution in [0.2, 0.25) is 0 Å². The van der Waals surface area contributed by atoms with E-state index >= 15 is 0 Å². The summed E-state index contributed by atoms with van der Waals surface area (Å²) in [6.45, 7) is 2.79. The van der Waals surface area contributed by atoms with Gasteiger partial charge in [0.2, 0.25) is 0 Å². The summed E-state index contributed by atoms with van der Waals surface area (Å²) in [6.07, 6.45) is -1.15. The van der Waals surface area contributed by atoms with Crippen LogP contribution >= 0.6 is 0 Å². The Bertz CT molecular complexity index is 668. The van der Waals surface area contributed by atoms with Crippen LogP contribution in [0, 0.1) is 11.3 Å². The molecule has 2 aromatic rings. The van der Waals surface area contributed by atoms with Gasteiger partial charge in [-0.3, -0.25) is 0 Å². The Morgan fingerprint density at radius 1 is 1.38 bits per heavy atom. The summed E-state index contributed by atoms with van der Waals surface area (Å²) < 4.78 is 40.9. The van der Waals surface area contributed by atoms with Crippen molar-refractivity contribution in [2.24, 2.45) is 0 Å². The quantitative estimate of drug-likeness (QED) is 0.940. The second-order valence-electron chi connectivity index (χ2n) is 4.35. The molecule has 0 spiro atoms. The van der Waals surface area contributed by atoms with Crippen LogP contribution in [0.15, 0.2) is 30.6 Å². The van der Waals surface area contributed by atoms with Crippen LogP contribution in [-0.4, -0.2) is 9.55 Å². The number of hydrogen-bond donors (Lipinski definition) is 1. The Kier molecular flexibility index (Phi) is 4.17. The fourth-order valence-corrected chi connectivity index (χ4v) is 1.97. The summed E-state index contributed by atoms with van der Waals surface area (Å²) >= 11 is 0. The molecule has 0 aliphatic heterocycles. The Hall–Kier alpha value is -2.49. The van der Waals surface area contributed by atoms with E-state index in [1.807, 2.05) is 11.5 Å². The monoisotopic (exact) mass is 294 g/mol. The van der Waals surface area contributed by atoms with E-state index in [0.29, 0.717) is 12.4 Å². The van der Waals surface area contributed by atoms with Gasteiger partial charge in [-0.15, -0.1) is 0 Å². The largest absolute Gasteiger partial charge is 0.418 e. The molecule has 4 nitrogen and oxygen atoms in total. The predicted octanol–water partition coefficient (Wildman–Crippen LogP) is 3.41. The van der Waals surface area contributed by atoms with Crippen molar-refractivity contribution in [1.82, 2.24) is 9.55 Å². The molecule has 2 rings (SSSR count). The van der Waals surface area contributed by atoms with Gasteiger partial charge in [0.05, 0.1) is 23.7 Å². The molecule has 21 heavy (non-hydrogen) atoms. The molecule has 0 radical (unpaired) electrons. The lowest BCUT2D eigenvalue weighted by atomic mass is 10.1. The van der Waals surface area contributed by atoms with Crippen LogP contribution < -0.4 is 5.32 Å². The fraction of sp³-hybridized carbons (Fsp3) is 0.286. The van der Waals surface area contributed by atoms with Gasteiger partial charge in [-0.05, 0) is 25.1 Å². The molecule has 1 aromatic heterocycles. The lowest BCUT2D eigenvalue weighted by molar-refractivity contribution is -0.137. The Morgan fingerprint density at radius 2 is 2.14 bits per heavy atom. The smallest absolute Gasteiger partial charge is 0.377 e. The van der Waals surface area contributed by atoms with E-state index in [2.05, 4.69) is 10.3 Å². The first-order valence-electron chi connectivity index (χ1n) is 6.31. The van der Waals surface area contributed by atoms with Gasteiger partial charge in [0.1, 0.15) is 5.82 Å². The molecule has 0 aliphatic carbocycles. The topological polar surface area (TPSA) is 53.6 Å². The first-order valence-corrected chi connectivity index (χ1v) is 6.31. The van der Waals surface area contributed by atoms with Crippen LogP contribution in [0.25, 0.3) is 0 Å². The molecule has 1 N–H and O–H groups in total. The molecule has 0 aliphatic rings. The number of halogens is 3. The minimum Gasteiger partial charge on any atom is -0.377 e. The maximum atomic E-state index is 13.0. The first-order chi connectivity index (χ1) is 9.95. The lowest BCUT2D eigenvalue weighted by Crippen LogP contribution is -2.13. The number of aromatic nitrogens is 2. The van der Waals surface area contributed by atoms with Gasteiger partial charge < -0.3 is 9.88 Å². The van der Waals surface area contributed by atoms with E-state index in [-0.39, 0.29) is 17.8 Å². The van der Waals surface area contributed by atoms with Gasteiger partial charge in [-0.2, -0.15) is 18.4 Å². The second kappa shape index (κ2) is 5.87. The maximum Gasteiger partial charge on any atom is 0.418 e. The third-order valence-electron chi connectivity index (χ3n) is 3.03. The molecule has 0 saturated heterocycles. The summed E-state index contributed by atoms with van der Waals surface area (Å²) in [5.41, 5.74) is -0.939. The van der Waals surface area contributed by atoms with E-state index in [9.17, 15) is 13.2 Å². The average molecular weight is 294 g/mol. The SMILES string of the molecule is CCn1ccnc1CNc1ccc(C#N)cc1C(F)(F)F. The van der Waals surface area contributed by atoms with Crippen molar-refractivity contribution >= 4 is 5.69 Å². The number of aryl methyl sites for hydroxylation is 1. The average Bonchev–Trinajstić information content (AvgIpc) is 2.91. The first kappa shape index (κ1) is 14.9. The summed E-state index contributed by atoms with van der Waals surface area (Å²) in [5, 5.41) is 11.5. The summed E-state index contributed by atoms with van der Waals surface area (Å²) in [5.74, 6) is 0.648. The molecule has 0 amide bonds. The Labute approximate surface area is 119 Å². The highest BCUT2D eigenvalue weighted by Crippen LogP contribution is 2.35. The molecule has 0 unspecified atom stereocenters. The molecule has 110 valence electrons. The van der Waals surface area contributed by atoms with Crippen LogP contribution in [-0.2, 0) is 19.3 Å². The van der Waals surface area contributed by atoms with Crippen molar-refractivity contribution in [1.29, 1.82) is 5.26 Å². The molecule has 7 heteroatoms. The Balaban J connectivity index is 2.26. The van der Waals surface area contributed by atoms with Gasteiger partial charge in [0.25, 0.3) is 0 Å². The molecular weight excluding hydrogens is 281 g/mol. The van der Waals surface area contributed by atoms with E-state index < -0.39 is 11.7 Å². The van der Waals surface area contributed by atoms with E-state index in [0.717, 1.165) is 6.07 Å². The van der Waals surface area contributed by atoms with Crippen molar-refractivity contribution in [3.05, 3.63) is 47.5 Å². The molecule has 0 atom stereocenters. The second-order valence-corrected chi connectivity index (χ2v) is 4.35. The summed E-state index contributed by atoms with van der Waals surface area (Å²) in [4.78, 5) is 4.09. The predicted molar refractivity (Wildman–Crippen MR) is 71.4 cm³/mol. The van der Waals surface area contributed by atoms with Crippen molar-refractivity contribution < 1.29 is 13.2 Å². The number of nitrogens with one attached hydrogen (secondary N) is 1. The summed E-state index contributed by atoms with van der Waals surface area (Å²) in [7, 11) is 0. The van der Waals surface area contributed by atoms with Crippen molar-refractivity contribution in [3.63, 3.8) is 0 Å². The van der Waals surface area contributed by atoms with Crippen LogP contribution in [0.3, 0.4) is 0 Å². The Morgan fingerprint density at radius 3 is 2.76 bits per heavy atom. The van der Waals surface area contributed by atoms with Gasteiger partial charge in [-0.25, -0.2) is 4.98 Å². The highest BCUT2D eigenvalue weighted by atomic mass is 19.4. The number of alkyl halides is 3. The maximum absolute atomic E-state index is 13.0. The van der Waals surface area contributed by atoms with Crippen molar-refractivity contribution in [2.45, 2.75) is 26.2 Å². The molecule has 0 fully saturated rings. The molecule has 1 heterocycles. The number of rotatable bonds is 4. The molecular formula is C14H13F3N4. The molecule has 0 bridgehead atoms. The number of nitrogens with zero attached hydrogens (tertiary/aromatic N) is 3. The van der Waals surface area contributed by atoms with Gasteiger partial charge in [0.15, 0.2) is 0 Å². The minimum atomic E-state index is -4.52. The lowest BCUT2D eigenvalue weighted by Gasteiger charge is -2.15. The number of benzene rings is 1. The van der Waals surface area contributed by atoms with E-state index in [1.165, 1.54) is 12.1 Å². The third kappa shape index (κ3) is 3.34. The number of imidazole rings is 1. The zero-order valence-electron chi connectivity index (χ0n) is 11.3. The van der Waals surface area contributed by atoms with Gasteiger partial charge >= 0.3 is 6.18 Å². The van der Waals surface area contributed by atoms with Crippen LogP contribution in [0.1, 0.15) is 23.9 Å². The van der Waals surface area contributed by atoms with Crippen LogP contribution in [0.4, 0.5) is 18.9 Å². The zero-order valence-corrected chi connectivity index (χ0v) is 11.3. The number of anilines is 1. The molecule has 1 aromatic carbocycles. The number of nitriles is 1. The minimum absolute atomic E-state index is 0.0251. The normalized spacial score (nSPS) is 11.2. The van der Waals surface area contributed by atoms with Crippen molar-refractivity contribution in [2.75, 3.05) is 5.32 Å². The third-order valence-corrected chi connectivity index (χ3v) is 3.03. The fourth-order valence-electron chi connectivity index (χ4n) is 1.97. The van der Waals surface area contributed by atoms with E-state index in [4.69, 9.17) is 5.26 Å². The van der Waals surface area contributed by atoms with Crippen molar-refractivity contribution in [3.8, 4) is 6.07 Å². The number of hydrogen-bond acceptors (Lipinski definition) is 3. The zero-order chi connectivity index (χ0) is 15.5. The van der Waals surface area contributed by atoms with Gasteiger partial charge in [-0.1, -0.05) is 0 Å². The van der Waals surface area contributed by atoms with E-state index in [1.54, 1.807) is 18.5 Å². The van der Waals surface area contributed by atoms with Gasteiger partial charge in [0, 0.05) is 24.6 Å². The molecule has 0 saturated carbocycles. The standard InChI is InChI=1S/C14H13F3N4/c1-2-21-6-5-19-13(21)9-20-12-4-3-10(8-18)7-11(12)14(15,16)17/h3-7,20H,2,9H2,1H3. The summed E-state index contributed by atoms with van der Waals surface area (Å²) in [6, 6.07) is 5.17. The highest BCUT2D eigenvalue weighted by molar-refractivity contribution is 5.56. The van der Waals surface area contributed by atoms with Crippen LogP contribution in [0.5, 0.6) is 0 Å².